The summed E-state index contributed by atoms with van der Waals surface area (Å²) in [4.78, 5) is 15.3. The van der Waals surface area contributed by atoms with Crippen LogP contribution in [0, 0.1) is 18.3 Å². The Morgan fingerprint density at radius 2 is 2.15 bits per heavy atom. The second kappa shape index (κ2) is 5.28. The van der Waals surface area contributed by atoms with Crippen LogP contribution in [0.15, 0.2) is 30.5 Å². The van der Waals surface area contributed by atoms with Crippen LogP contribution in [0.2, 0.25) is 0 Å². The van der Waals surface area contributed by atoms with Crippen molar-refractivity contribution >= 4 is 23.1 Å². The van der Waals surface area contributed by atoms with Crippen LogP contribution in [0.25, 0.3) is 0 Å². The number of nitriles is 1. The highest BCUT2D eigenvalue weighted by molar-refractivity contribution is 5.98. The summed E-state index contributed by atoms with van der Waals surface area (Å²) in [7, 11) is 0. The monoisotopic (exact) mass is 267 g/mol. The average molecular weight is 267 g/mol. The van der Waals surface area contributed by atoms with E-state index in [-0.39, 0.29) is 11.3 Å². The smallest absolute Gasteiger partial charge is 0.250 e. The largest absolute Gasteiger partial charge is 0.397 e. The predicted octanol–water partition coefficient (Wildman–Crippen LogP) is 1.69. The number of benzene rings is 1. The minimum absolute atomic E-state index is 0.205. The lowest BCUT2D eigenvalue weighted by atomic mass is 10.1. The van der Waals surface area contributed by atoms with Crippen molar-refractivity contribution in [1.82, 2.24) is 4.98 Å². The molecule has 0 atom stereocenters. The van der Waals surface area contributed by atoms with Gasteiger partial charge in [0.05, 0.1) is 29.1 Å². The number of rotatable bonds is 3. The first kappa shape index (κ1) is 13.4. The van der Waals surface area contributed by atoms with Gasteiger partial charge in [-0.1, -0.05) is 6.07 Å². The van der Waals surface area contributed by atoms with Crippen molar-refractivity contribution in [2.45, 2.75) is 6.92 Å². The van der Waals surface area contributed by atoms with Gasteiger partial charge in [-0.15, -0.1) is 0 Å². The lowest BCUT2D eigenvalue weighted by Gasteiger charge is -2.10. The minimum Gasteiger partial charge on any atom is -0.397 e. The third-order valence-corrected chi connectivity index (χ3v) is 2.83. The van der Waals surface area contributed by atoms with Crippen molar-refractivity contribution in [2.75, 3.05) is 11.1 Å². The zero-order valence-electron chi connectivity index (χ0n) is 10.8. The maximum atomic E-state index is 11.2. The molecule has 6 nitrogen and oxygen atoms in total. The van der Waals surface area contributed by atoms with Crippen molar-refractivity contribution in [3.63, 3.8) is 0 Å². The van der Waals surface area contributed by atoms with Crippen molar-refractivity contribution in [3.8, 4) is 6.07 Å². The number of hydrogen-bond donors (Lipinski definition) is 3. The number of aromatic nitrogens is 1. The fourth-order valence-electron chi connectivity index (χ4n) is 1.71. The van der Waals surface area contributed by atoms with E-state index in [2.05, 4.69) is 16.4 Å². The van der Waals surface area contributed by atoms with Crippen LogP contribution >= 0.6 is 0 Å². The summed E-state index contributed by atoms with van der Waals surface area (Å²) >= 11 is 0. The molecule has 0 aliphatic heterocycles. The summed E-state index contributed by atoms with van der Waals surface area (Å²) in [6, 6.07) is 8.81. The number of aryl methyl sites for hydroxylation is 1. The Bertz CT molecular complexity index is 718. The molecule has 0 unspecified atom stereocenters. The van der Waals surface area contributed by atoms with Crippen molar-refractivity contribution in [2.24, 2.45) is 5.73 Å². The molecule has 0 fully saturated rings. The van der Waals surface area contributed by atoms with Gasteiger partial charge in [0.1, 0.15) is 5.82 Å². The number of primary amides is 1. The summed E-state index contributed by atoms with van der Waals surface area (Å²) in [5.41, 5.74) is 13.5. The number of nitrogens with zero attached hydrogens (tertiary/aromatic N) is 2. The fourth-order valence-corrected chi connectivity index (χ4v) is 1.71. The number of nitrogens with two attached hydrogens (primary N) is 2. The number of pyridine rings is 1. The molecule has 0 saturated carbocycles. The normalized spacial score (nSPS) is 9.80. The van der Waals surface area contributed by atoms with Crippen molar-refractivity contribution in [3.05, 3.63) is 47.2 Å². The van der Waals surface area contributed by atoms with Gasteiger partial charge in [-0.3, -0.25) is 4.79 Å². The number of amides is 1. The van der Waals surface area contributed by atoms with Crippen LogP contribution in [0.3, 0.4) is 0 Å². The Kier molecular flexibility index (Phi) is 3.53. The van der Waals surface area contributed by atoms with Crippen LogP contribution < -0.4 is 16.8 Å². The first-order valence-electron chi connectivity index (χ1n) is 5.84. The van der Waals surface area contributed by atoms with E-state index in [0.717, 1.165) is 11.3 Å². The molecule has 1 amide bonds. The van der Waals surface area contributed by atoms with E-state index in [4.69, 9.17) is 16.7 Å². The molecule has 20 heavy (non-hydrogen) atoms. The Morgan fingerprint density at radius 1 is 1.40 bits per heavy atom. The first-order valence-corrected chi connectivity index (χ1v) is 5.84. The zero-order chi connectivity index (χ0) is 14.7. The first-order chi connectivity index (χ1) is 9.51. The molecule has 2 aromatic rings. The van der Waals surface area contributed by atoms with Gasteiger partial charge in [0.25, 0.3) is 5.91 Å². The van der Waals surface area contributed by atoms with Gasteiger partial charge in [-0.25, -0.2) is 4.98 Å². The molecule has 0 aliphatic rings. The molecule has 0 spiro atoms. The lowest BCUT2D eigenvalue weighted by Crippen LogP contribution is -2.14. The van der Waals surface area contributed by atoms with E-state index in [0.29, 0.717) is 11.4 Å². The number of hydrogen-bond acceptors (Lipinski definition) is 5. The van der Waals surface area contributed by atoms with Gasteiger partial charge in [-0.2, -0.15) is 5.26 Å². The second-order valence-electron chi connectivity index (χ2n) is 4.29. The van der Waals surface area contributed by atoms with Gasteiger partial charge in [-0.05, 0) is 30.7 Å². The number of nitrogen functional groups attached to an aromatic ring is 1. The highest BCUT2D eigenvalue weighted by Gasteiger charge is 2.09. The summed E-state index contributed by atoms with van der Waals surface area (Å²) in [5, 5.41) is 11.9. The zero-order valence-corrected chi connectivity index (χ0v) is 10.8. The molecule has 0 radical (unpaired) electrons. The van der Waals surface area contributed by atoms with Crippen LogP contribution in [0.4, 0.5) is 17.2 Å². The summed E-state index contributed by atoms with van der Waals surface area (Å²) in [6.45, 7) is 1.90. The summed E-state index contributed by atoms with van der Waals surface area (Å²) < 4.78 is 0. The molecule has 1 aromatic heterocycles. The molecule has 0 bridgehead atoms. The molecule has 5 N–H and O–H groups in total. The minimum atomic E-state index is -0.615. The third kappa shape index (κ3) is 2.67. The lowest BCUT2D eigenvalue weighted by molar-refractivity contribution is 0.100. The summed E-state index contributed by atoms with van der Waals surface area (Å²) in [6.07, 6.45) is 1.37. The van der Waals surface area contributed by atoms with E-state index < -0.39 is 5.91 Å². The van der Waals surface area contributed by atoms with Crippen molar-refractivity contribution in [1.29, 1.82) is 5.26 Å². The maximum absolute atomic E-state index is 11.2. The molecule has 100 valence electrons. The van der Waals surface area contributed by atoms with Crippen LogP contribution in [-0.2, 0) is 0 Å². The Balaban J connectivity index is 2.38. The van der Waals surface area contributed by atoms with Crippen LogP contribution in [-0.4, -0.2) is 10.9 Å². The standard InChI is InChI=1S/C14H13N5O/c1-8-2-3-9(6-15)4-12(8)19-13-5-10(14(17)20)11(16)7-18-13/h2-5,7H,16H2,1H3,(H2,17,20)(H,18,19). The average Bonchev–Trinajstić information content (AvgIpc) is 2.43. The molecular weight excluding hydrogens is 254 g/mol. The highest BCUT2D eigenvalue weighted by Crippen LogP contribution is 2.22. The predicted molar refractivity (Wildman–Crippen MR) is 76.3 cm³/mol. The van der Waals surface area contributed by atoms with Crippen LogP contribution in [0.5, 0.6) is 0 Å². The molecule has 2 rings (SSSR count). The number of carbonyl (C=O) groups is 1. The quantitative estimate of drug-likeness (QED) is 0.782. The van der Waals surface area contributed by atoms with Gasteiger partial charge >= 0.3 is 0 Å². The second-order valence-corrected chi connectivity index (χ2v) is 4.29. The number of anilines is 3. The maximum Gasteiger partial charge on any atom is 0.250 e. The number of carbonyl (C=O) groups excluding carboxylic acids is 1. The SMILES string of the molecule is Cc1ccc(C#N)cc1Nc1cc(C(N)=O)c(N)cn1. The number of nitrogens with one attached hydrogen (secondary N) is 1. The third-order valence-electron chi connectivity index (χ3n) is 2.83. The van der Waals surface area contributed by atoms with Gasteiger partial charge in [0.2, 0.25) is 0 Å². The fraction of sp³-hybridized carbons (Fsp3) is 0.0714. The molecule has 6 heteroatoms. The topological polar surface area (TPSA) is 118 Å². The molecule has 0 aliphatic carbocycles. The Morgan fingerprint density at radius 3 is 2.80 bits per heavy atom. The van der Waals surface area contributed by atoms with E-state index in [9.17, 15) is 4.79 Å². The Hall–Kier alpha value is -3.07. The summed E-state index contributed by atoms with van der Waals surface area (Å²) in [5.74, 6) is -0.179. The van der Waals surface area contributed by atoms with Gasteiger partial charge in [0.15, 0.2) is 0 Å². The van der Waals surface area contributed by atoms with Crippen molar-refractivity contribution < 1.29 is 4.79 Å². The van der Waals surface area contributed by atoms with E-state index in [1.807, 2.05) is 13.0 Å². The van der Waals surface area contributed by atoms with E-state index >= 15 is 0 Å². The molecule has 1 aromatic carbocycles. The molecular formula is C14H13N5O. The van der Waals surface area contributed by atoms with Gasteiger partial charge in [0, 0.05) is 5.69 Å². The van der Waals surface area contributed by atoms with E-state index in [1.165, 1.54) is 12.3 Å². The van der Waals surface area contributed by atoms with Gasteiger partial charge < -0.3 is 16.8 Å². The van der Waals surface area contributed by atoms with E-state index in [1.54, 1.807) is 12.1 Å². The Labute approximate surface area is 116 Å². The molecule has 1 heterocycles. The van der Waals surface area contributed by atoms with Crippen LogP contribution in [0.1, 0.15) is 21.5 Å². The highest BCUT2D eigenvalue weighted by atomic mass is 16.1. The molecule has 0 saturated heterocycles.